The number of carbonyl (C=O) groups excluding carboxylic acids is 2. The first kappa shape index (κ1) is 14.1. The first-order valence-corrected chi connectivity index (χ1v) is 7.19. The molecule has 7 nitrogen and oxygen atoms in total. The quantitative estimate of drug-likeness (QED) is 0.527. The van der Waals surface area contributed by atoms with Gasteiger partial charge in [0.15, 0.2) is 6.61 Å². The number of aromatic nitrogens is 4. The van der Waals surface area contributed by atoms with E-state index in [1.807, 2.05) is 0 Å². The number of hydrogen-bond donors (Lipinski definition) is 0. The Morgan fingerprint density at radius 2 is 2.00 bits per heavy atom. The van der Waals surface area contributed by atoms with Crippen molar-refractivity contribution >= 4 is 23.1 Å². The summed E-state index contributed by atoms with van der Waals surface area (Å²) in [5.74, 6) is -0.762. The van der Waals surface area contributed by atoms with Gasteiger partial charge in [-0.2, -0.15) is 0 Å². The topological polar surface area (TPSA) is 87.0 Å². The van der Waals surface area contributed by atoms with Crippen LogP contribution in [0.25, 0.3) is 5.69 Å². The minimum absolute atomic E-state index is 0.214. The van der Waals surface area contributed by atoms with Crippen molar-refractivity contribution in [3.8, 4) is 5.69 Å². The molecule has 8 heteroatoms. The molecule has 0 atom stereocenters. The van der Waals surface area contributed by atoms with Crippen molar-refractivity contribution in [1.29, 1.82) is 0 Å². The van der Waals surface area contributed by atoms with Gasteiger partial charge in [0.1, 0.15) is 6.33 Å². The van der Waals surface area contributed by atoms with Crippen LogP contribution in [0.1, 0.15) is 20.0 Å². The first-order chi connectivity index (χ1) is 10.7. The SMILES string of the molecule is O=C(OCC(=O)c1cccs1)c1ccc(-n2cnnn2)cc1. The second-order valence-corrected chi connectivity index (χ2v) is 5.23. The lowest BCUT2D eigenvalue weighted by atomic mass is 10.2. The molecule has 0 radical (unpaired) electrons. The van der Waals surface area contributed by atoms with Crippen LogP contribution in [-0.2, 0) is 4.74 Å². The van der Waals surface area contributed by atoms with E-state index >= 15 is 0 Å². The van der Waals surface area contributed by atoms with Gasteiger partial charge in [-0.15, -0.1) is 16.4 Å². The van der Waals surface area contributed by atoms with Gasteiger partial charge in [-0.3, -0.25) is 4.79 Å². The lowest BCUT2D eigenvalue weighted by Crippen LogP contribution is -2.13. The van der Waals surface area contributed by atoms with E-state index in [2.05, 4.69) is 15.5 Å². The number of carbonyl (C=O) groups is 2. The highest BCUT2D eigenvalue weighted by Crippen LogP contribution is 2.11. The Morgan fingerprint density at radius 3 is 2.64 bits per heavy atom. The molecule has 0 spiro atoms. The lowest BCUT2D eigenvalue weighted by Gasteiger charge is -2.04. The van der Waals surface area contributed by atoms with E-state index in [9.17, 15) is 9.59 Å². The molecule has 110 valence electrons. The highest BCUT2D eigenvalue weighted by molar-refractivity contribution is 7.12. The van der Waals surface area contributed by atoms with Crippen LogP contribution in [0.15, 0.2) is 48.1 Å². The molecule has 0 N–H and O–H groups in total. The highest BCUT2D eigenvalue weighted by atomic mass is 32.1. The third kappa shape index (κ3) is 3.07. The fraction of sp³-hybridized carbons (Fsp3) is 0.0714. The third-order valence-electron chi connectivity index (χ3n) is 2.85. The van der Waals surface area contributed by atoms with Gasteiger partial charge in [-0.25, -0.2) is 9.48 Å². The summed E-state index contributed by atoms with van der Waals surface area (Å²) in [4.78, 5) is 24.2. The standard InChI is InChI=1S/C14H10N4O3S/c19-12(13-2-1-7-22-13)8-21-14(20)10-3-5-11(6-4-10)18-9-15-16-17-18/h1-7,9H,8H2. The maximum atomic E-state index is 11.9. The van der Waals surface area contributed by atoms with E-state index in [1.54, 1.807) is 41.8 Å². The number of hydrogen-bond acceptors (Lipinski definition) is 7. The molecular formula is C14H10N4O3S. The van der Waals surface area contributed by atoms with E-state index < -0.39 is 5.97 Å². The monoisotopic (exact) mass is 314 g/mol. The molecule has 0 aliphatic rings. The summed E-state index contributed by atoms with van der Waals surface area (Å²) in [6.45, 7) is -0.270. The molecule has 22 heavy (non-hydrogen) atoms. The first-order valence-electron chi connectivity index (χ1n) is 6.31. The summed E-state index contributed by atoms with van der Waals surface area (Å²) in [5, 5.41) is 12.6. The van der Waals surface area contributed by atoms with Crippen molar-refractivity contribution in [3.05, 3.63) is 58.5 Å². The van der Waals surface area contributed by atoms with Crippen molar-refractivity contribution in [2.24, 2.45) is 0 Å². The van der Waals surface area contributed by atoms with Gasteiger partial charge in [0.05, 0.1) is 16.1 Å². The summed E-state index contributed by atoms with van der Waals surface area (Å²) in [6, 6.07) is 10.0. The number of tetrazole rings is 1. The van der Waals surface area contributed by atoms with E-state index in [-0.39, 0.29) is 12.4 Å². The maximum absolute atomic E-state index is 11.9. The van der Waals surface area contributed by atoms with Gasteiger partial charge in [0.2, 0.25) is 5.78 Å². The van der Waals surface area contributed by atoms with Gasteiger partial charge < -0.3 is 4.74 Å². The molecular weight excluding hydrogens is 304 g/mol. The molecule has 0 aliphatic carbocycles. The Kier molecular flexibility index (Phi) is 4.01. The normalized spacial score (nSPS) is 10.4. The minimum atomic E-state index is -0.548. The predicted octanol–water partition coefficient (Wildman–Crippen LogP) is 1.76. The van der Waals surface area contributed by atoms with Crippen molar-refractivity contribution in [2.45, 2.75) is 0 Å². The predicted molar refractivity (Wildman–Crippen MR) is 78.1 cm³/mol. The summed E-state index contributed by atoms with van der Waals surface area (Å²) in [7, 11) is 0. The molecule has 3 rings (SSSR count). The Labute approximate surface area is 129 Å². The molecule has 0 aliphatic heterocycles. The van der Waals surface area contributed by atoms with Gasteiger partial charge >= 0.3 is 5.97 Å². The minimum Gasteiger partial charge on any atom is -0.454 e. The fourth-order valence-electron chi connectivity index (χ4n) is 1.75. The summed E-state index contributed by atoms with van der Waals surface area (Å²) in [6.07, 6.45) is 1.45. The summed E-state index contributed by atoms with van der Waals surface area (Å²) in [5.41, 5.74) is 1.08. The van der Waals surface area contributed by atoms with Crippen LogP contribution in [0.3, 0.4) is 0 Å². The molecule has 0 fully saturated rings. The van der Waals surface area contributed by atoms with E-state index in [0.717, 1.165) is 5.69 Å². The Balaban J connectivity index is 1.62. The zero-order chi connectivity index (χ0) is 15.4. The van der Waals surface area contributed by atoms with Crippen LogP contribution in [0.5, 0.6) is 0 Å². The Bertz CT molecular complexity index is 767. The third-order valence-corrected chi connectivity index (χ3v) is 3.76. The molecule has 1 aromatic carbocycles. The second-order valence-electron chi connectivity index (χ2n) is 4.28. The number of ether oxygens (including phenoxy) is 1. The average Bonchev–Trinajstić information content (AvgIpc) is 3.25. The Morgan fingerprint density at radius 1 is 1.18 bits per heavy atom. The van der Waals surface area contributed by atoms with Crippen molar-refractivity contribution in [1.82, 2.24) is 20.2 Å². The van der Waals surface area contributed by atoms with E-state index in [1.165, 1.54) is 22.3 Å². The number of esters is 1. The van der Waals surface area contributed by atoms with E-state index in [4.69, 9.17) is 4.74 Å². The number of rotatable bonds is 5. The molecule has 2 heterocycles. The molecule has 0 bridgehead atoms. The number of benzene rings is 1. The van der Waals surface area contributed by atoms with Crippen LogP contribution in [-0.4, -0.2) is 38.6 Å². The second kappa shape index (κ2) is 6.27. The van der Waals surface area contributed by atoms with Crippen LogP contribution in [0, 0.1) is 0 Å². The number of ketones is 1. The number of nitrogens with zero attached hydrogens (tertiary/aromatic N) is 4. The zero-order valence-electron chi connectivity index (χ0n) is 11.2. The van der Waals surface area contributed by atoms with E-state index in [0.29, 0.717) is 10.4 Å². The van der Waals surface area contributed by atoms with Crippen LogP contribution >= 0.6 is 11.3 Å². The summed E-state index contributed by atoms with van der Waals surface area (Å²) < 4.78 is 6.48. The molecule has 0 amide bonds. The number of Topliss-reactive ketones (excluding diaryl/α,β-unsaturated/α-hetero) is 1. The molecule has 2 aromatic heterocycles. The zero-order valence-corrected chi connectivity index (χ0v) is 12.1. The number of thiophene rings is 1. The van der Waals surface area contributed by atoms with Crippen molar-refractivity contribution in [3.63, 3.8) is 0 Å². The smallest absolute Gasteiger partial charge is 0.338 e. The maximum Gasteiger partial charge on any atom is 0.338 e. The van der Waals surface area contributed by atoms with Gasteiger partial charge in [0, 0.05) is 0 Å². The molecule has 0 saturated carbocycles. The fourth-order valence-corrected chi connectivity index (χ4v) is 2.40. The van der Waals surface area contributed by atoms with Crippen LogP contribution in [0.2, 0.25) is 0 Å². The van der Waals surface area contributed by atoms with Gasteiger partial charge in [0.25, 0.3) is 0 Å². The van der Waals surface area contributed by atoms with Crippen molar-refractivity contribution in [2.75, 3.05) is 6.61 Å². The highest BCUT2D eigenvalue weighted by Gasteiger charge is 2.12. The largest absolute Gasteiger partial charge is 0.454 e. The summed E-state index contributed by atoms with van der Waals surface area (Å²) >= 11 is 1.32. The molecule has 0 unspecified atom stereocenters. The molecule has 3 aromatic rings. The van der Waals surface area contributed by atoms with Crippen LogP contribution < -0.4 is 0 Å². The van der Waals surface area contributed by atoms with Gasteiger partial charge in [-0.1, -0.05) is 6.07 Å². The van der Waals surface area contributed by atoms with Crippen molar-refractivity contribution < 1.29 is 14.3 Å². The lowest BCUT2D eigenvalue weighted by molar-refractivity contribution is 0.0476. The average molecular weight is 314 g/mol. The van der Waals surface area contributed by atoms with Crippen LogP contribution in [0.4, 0.5) is 0 Å². The van der Waals surface area contributed by atoms with Gasteiger partial charge in [-0.05, 0) is 46.1 Å². The Hall–Kier alpha value is -2.87. The molecule has 0 saturated heterocycles.